The summed E-state index contributed by atoms with van der Waals surface area (Å²) in [7, 11) is -3.56. The van der Waals surface area contributed by atoms with Crippen molar-refractivity contribution in [2.75, 3.05) is 26.2 Å². The molecule has 0 bridgehead atoms. The van der Waals surface area contributed by atoms with Crippen LogP contribution in [0.25, 0.3) is 10.8 Å². The number of benzene rings is 1. The molecule has 0 radical (unpaired) electrons. The second-order valence-corrected chi connectivity index (χ2v) is 6.85. The SMILES string of the molecule is Cl.NCC1CN(S(=O)(=O)c2cccc3cnccc23)CCO1. The molecular weight excluding hydrogens is 326 g/mol. The lowest BCUT2D eigenvalue weighted by Gasteiger charge is -2.31. The molecule has 0 spiro atoms. The molecule has 0 saturated carbocycles. The molecule has 1 saturated heterocycles. The first-order chi connectivity index (χ1) is 10.1. The second-order valence-electron chi connectivity index (χ2n) is 4.94. The number of nitrogens with two attached hydrogens (primary N) is 1. The van der Waals surface area contributed by atoms with E-state index in [1.165, 1.54) is 4.31 Å². The predicted octanol–water partition coefficient (Wildman–Crippen LogP) is 1.00. The van der Waals surface area contributed by atoms with Gasteiger partial charge in [-0.3, -0.25) is 4.98 Å². The highest BCUT2D eigenvalue weighted by atomic mass is 35.5. The van der Waals surface area contributed by atoms with E-state index >= 15 is 0 Å². The zero-order chi connectivity index (χ0) is 14.9. The van der Waals surface area contributed by atoms with Crippen LogP contribution in [-0.2, 0) is 14.8 Å². The number of ether oxygens (including phenoxy) is 1. The molecule has 2 heterocycles. The Kier molecular flexibility index (Phi) is 5.36. The van der Waals surface area contributed by atoms with E-state index in [-0.39, 0.29) is 18.5 Å². The molecule has 120 valence electrons. The molecule has 0 aliphatic carbocycles. The highest BCUT2D eigenvalue weighted by molar-refractivity contribution is 7.89. The Balaban J connectivity index is 0.00000176. The largest absolute Gasteiger partial charge is 0.374 e. The first kappa shape index (κ1) is 17.1. The standard InChI is InChI=1S/C14H17N3O3S.ClH/c15-8-12-10-17(6-7-20-12)21(18,19)14-3-1-2-11-9-16-5-4-13(11)14;/h1-5,9,12H,6-8,10,15H2;1H. The average Bonchev–Trinajstić information content (AvgIpc) is 2.54. The summed E-state index contributed by atoms with van der Waals surface area (Å²) < 4.78 is 32.6. The highest BCUT2D eigenvalue weighted by Crippen LogP contribution is 2.26. The van der Waals surface area contributed by atoms with Crippen LogP contribution in [0.1, 0.15) is 0 Å². The maximum Gasteiger partial charge on any atom is 0.243 e. The number of fused-ring (bicyclic) bond motifs is 1. The highest BCUT2D eigenvalue weighted by Gasteiger charge is 2.31. The number of sulfonamides is 1. The fourth-order valence-corrected chi connectivity index (χ4v) is 4.18. The zero-order valence-corrected chi connectivity index (χ0v) is 13.5. The summed E-state index contributed by atoms with van der Waals surface area (Å²) >= 11 is 0. The van der Waals surface area contributed by atoms with Gasteiger partial charge in [-0.15, -0.1) is 12.4 Å². The van der Waals surface area contributed by atoms with E-state index in [0.29, 0.717) is 36.5 Å². The van der Waals surface area contributed by atoms with Gasteiger partial charge in [-0.2, -0.15) is 4.31 Å². The summed E-state index contributed by atoms with van der Waals surface area (Å²) in [6.45, 7) is 1.32. The first-order valence-corrected chi connectivity index (χ1v) is 8.21. The molecule has 2 aromatic rings. The molecule has 1 aliphatic rings. The van der Waals surface area contributed by atoms with Crippen LogP contribution in [0.5, 0.6) is 0 Å². The van der Waals surface area contributed by atoms with E-state index in [0.717, 1.165) is 5.39 Å². The lowest BCUT2D eigenvalue weighted by molar-refractivity contribution is 0.00453. The zero-order valence-electron chi connectivity index (χ0n) is 11.9. The van der Waals surface area contributed by atoms with Crippen LogP contribution in [0, 0.1) is 0 Å². The molecule has 3 rings (SSSR count). The lowest BCUT2D eigenvalue weighted by atomic mass is 10.2. The number of aromatic nitrogens is 1. The Hall–Kier alpha value is -1.25. The number of pyridine rings is 1. The third kappa shape index (κ3) is 3.09. The van der Waals surface area contributed by atoms with Crippen molar-refractivity contribution in [1.29, 1.82) is 0 Å². The molecule has 2 N–H and O–H groups in total. The molecule has 6 nitrogen and oxygen atoms in total. The molecule has 1 aliphatic heterocycles. The minimum Gasteiger partial charge on any atom is -0.374 e. The Morgan fingerprint density at radius 1 is 1.36 bits per heavy atom. The molecule has 1 atom stereocenters. The minimum absolute atomic E-state index is 0. The maximum atomic E-state index is 12.9. The topological polar surface area (TPSA) is 85.5 Å². The van der Waals surface area contributed by atoms with Gasteiger partial charge >= 0.3 is 0 Å². The van der Waals surface area contributed by atoms with E-state index in [1.807, 2.05) is 6.07 Å². The number of nitrogens with zero attached hydrogens (tertiary/aromatic N) is 2. The van der Waals surface area contributed by atoms with Crippen molar-refractivity contribution in [1.82, 2.24) is 9.29 Å². The van der Waals surface area contributed by atoms with E-state index < -0.39 is 10.0 Å². The van der Waals surface area contributed by atoms with E-state index in [9.17, 15) is 8.42 Å². The normalized spacial score (nSPS) is 19.8. The van der Waals surface area contributed by atoms with E-state index in [1.54, 1.807) is 30.6 Å². The Bertz CT molecular complexity index is 749. The van der Waals surface area contributed by atoms with E-state index in [4.69, 9.17) is 10.5 Å². The summed E-state index contributed by atoms with van der Waals surface area (Å²) in [5.74, 6) is 0. The van der Waals surface area contributed by atoms with Gasteiger partial charge in [-0.05, 0) is 12.1 Å². The van der Waals surface area contributed by atoms with E-state index in [2.05, 4.69) is 4.98 Å². The van der Waals surface area contributed by atoms with Gasteiger partial charge < -0.3 is 10.5 Å². The second kappa shape index (κ2) is 6.89. The van der Waals surface area contributed by atoms with Crippen LogP contribution >= 0.6 is 12.4 Å². The van der Waals surface area contributed by atoms with Crippen LogP contribution in [0.4, 0.5) is 0 Å². The molecule has 8 heteroatoms. The fraction of sp³-hybridized carbons (Fsp3) is 0.357. The van der Waals surface area contributed by atoms with Crippen molar-refractivity contribution in [3.05, 3.63) is 36.7 Å². The quantitative estimate of drug-likeness (QED) is 0.898. The Morgan fingerprint density at radius 2 is 2.18 bits per heavy atom. The van der Waals surface area contributed by atoms with Crippen molar-refractivity contribution >= 4 is 33.2 Å². The molecule has 1 aromatic carbocycles. The third-order valence-electron chi connectivity index (χ3n) is 3.62. The van der Waals surface area contributed by atoms with Gasteiger partial charge in [0, 0.05) is 42.8 Å². The number of hydrogen-bond donors (Lipinski definition) is 1. The van der Waals surface area contributed by atoms with Gasteiger partial charge in [0.05, 0.1) is 17.6 Å². The lowest BCUT2D eigenvalue weighted by Crippen LogP contribution is -2.48. The third-order valence-corrected chi connectivity index (χ3v) is 5.55. The molecular formula is C14H18ClN3O3S. The summed E-state index contributed by atoms with van der Waals surface area (Å²) in [4.78, 5) is 4.33. The van der Waals surface area contributed by atoms with Gasteiger partial charge in [0.25, 0.3) is 0 Å². The van der Waals surface area contributed by atoms with Crippen LogP contribution in [0.3, 0.4) is 0 Å². The molecule has 0 amide bonds. The van der Waals surface area contributed by atoms with Crippen molar-refractivity contribution in [2.45, 2.75) is 11.0 Å². The van der Waals surface area contributed by atoms with Crippen LogP contribution in [0.15, 0.2) is 41.6 Å². The summed E-state index contributed by atoms with van der Waals surface area (Å²) in [5.41, 5.74) is 5.58. The fourth-order valence-electron chi connectivity index (χ4n) is 2.51. The van der Waals surface area contributed by atoms with Crippen LogP contribution < -0.4 is 5.73 Å². The molecule has 1 aromatic heterocycles. The Morgan fingerprint density at radius 3 is 2.95 bits per heavy atom. The van der Waals surface area contributed by atoms with Gasteiger partial charge in [0.2, 0.25) is 10.0 Å². The predicted molar refractivity (Wildman–Crippen MR) is 86.5 cm³/mol. The number of rotatable bonds is 3. The van der Waals surface area contributed by atoms with Crippen molar-refractivity contribution in [2.24, 2.45) is 5.73 Å². The first-order valence-electron chi connectivity index (χ1n) is 6.77. The maximum absolute atomic E-state index is 12.9. The van der Waals surface area contributed by atoms with Crippen molar-refractivity contribution in [3.63, 3.8) is 0 Å². The monoisotopic (exact) mass is 343 g/mol. The molecule has 1 fully saturated rings. The molecule has 1 unspecified atom stereocenters. The number of hydrogen-bond acceptors (Lipinski definition) is 5. The number of halogens is 1. The summed E-state index contributed by atoms with van der Waals surface area (Å²) in [6.07, 6.45) is 3.02. The number of morpholine rings is 1. The van der Waals surface area contributed by atoms with Crippen molar-refractivity contribution < 1.29 is 13.2 Å². The summed E-state index contributed by atoms with van der Waals surface area (Å²) in [5, 5.41) is 1.49. The van der Waals surface area contributed by atoms with Crippen LogP contribution in [0.2, 0.25) is 0 Å². The van der Waals surface area contributed by atoms with Gasteiger partial charge in [-0.1, -0.05) is 12.1 Å². The Labute approximate surface area is 135 Å². The van der Waals surface area contributed by atoms with Gasteiger partial charge in [0.1, 0.15) is 0 Å². The van der Waals surface area contributed by atoms with Crippen molar-refractivity contribution in [3.8, 4) is 0 Å². The van der Waals surface area contributed by atoms with Gasteiger partial charge in [0.15, 0.2) is 0 Å². The molecule has 22 heavy (non-hydrogen) atoms. The minimum atomic E-state index is -3.56. The van der Waals surface area contributed by atoms with Crippen LogP contribution in [-0.4, -0.2) is 50.1 Å². The van der Waals surface area contributed by atoms with Gasteiger partial charge in [-0.25, -0.2) is 8.42 Å². The summed E-state index contributed by atoms with van der Waals surface area (Å²) in [6, 6.07) is 6.94. The average molecular weight is 344 g/mol. The smallest absolute Gasteiger partial charge is 0.243 e.